The molecule has 1 saturated heterocycles. The van der Waals surface area contributed by atoms with Crippen molar-refractivity contribution < 1.29 is 19.1 Å². The summed E-state index contributed by atoms with van der Waals surface area (Å²) in [4.78, 5) is 25.4. The largest absolute Gasteiger partial charge is 0.387 e. The lowest BCUT2D eigenvalue weighted by Gasteiger charge is -2.18. The molecule has 0 saturated carbocycles. The SMILES string of the molecule is CN1CC(=O)N(C[C@H](O)c2ccc(F)cc2)C1=O. The molecule has 6 heteroatoms. The van der Waals surface area contributed by atoms with Gasteiger partial charge >= 0.3 is 6.03 Å². The molecule has 1 aromatic rings. The average molecular weight is 252 g/mol. The van der Waals surface area contributed by atoms with Gasteiger partial charge < -0.3 is 10.0 Å². The number of β-amino-alcohol motifs (C(OH)–C–C–N with tert-alkyl or cyclic N) is 1. The second kappa shape index (κ2) is 4.73. The summed E-state index contributed by atoms with van der Waals surface area (Å²) < 4.78 is 12.7. The van der Waals surface area contributed by atoms with Crippen LogP contribution in [0.1, 0.15) is 11.7 Å². The van der Waals surface area contributed by atoms with Gasteiger partial charge in [0, 0.05) is 7.05 Å². The van der Waals surface area contributed by atoms with E-state index in [0.29, 0.717) is 5.56 Å². The lowest BCUT2D eigenvalue weighted by Crippen LogP contribution is -2.35. The van der Waals surface area contributed by atoms with Crippen molar-refractivity contribution in [3.8, 4) is 0 Å². The maximum absolute atomic E-state index is 12.7. The quantitative estimate of drug-likeness (QED) is 0.808. The maximum atomic E-state index is 12.7. The zero-order valence-corrected chi connectivity index (χ0v) is 9.84. The smallest absolute Gasteiger partial charge is 0.327 e. The van der Waals surface area contributed by atoms with Gasteiger partial charge in [0.05, 0.1) is 12.6 Å². The van der Waals surface area contributed by atoms with Crippen molar-refractivity contribution in [2.75, 3.05) is 20.1 Å². The number of amides is 3. The lowest BCUT2D eigenvalue weighted by atomic mass is 10.1. The number of benzene rings is 1. The fourth-order valence-electron chi connectivity index (χ4n) is 1.81. The van der Waals surface area contributed by atoms with Crippen LogP contribution >= 0.6 is 0 Å². The predicted molar refractivity (Wildman–Crippen MR) is 61.1 cm³/mol. The number of rotatable bonds is 3. The van der Waals surface area contributed by atoms with E-state index in [1.807, 2.05) is 0 Å². The molecule has 96 valence electrons. The fourth-order valence-corrected chi connectivity index (χ4v) is 1.81. The molecule has 18 heavy (non-hydrogen) atoms. The number of aliphatic hydroxyl groups excluding tert-OH is 1. The van der Waals surface area contributed by atoms with Gasteiger partial charge in [-0.15, -0.1) is 0 Å². The van der Waals surface area contributed by atoms with Crippen LogP contribution in [0.5, 0.6) is 0 Å². The van der Waals surface area contributed by atoms with E-state index in [1.54, 1.807) is 0 Å². The van der Waals surface area contributed by atoms with Crippen LogP contribution < -0.4 is 0 Å². The number of hydrogen-bond acceptors (Lipinski definition) is 3. The monoisotopic (exact) mass is 252 g/mol. The number of halogens is 1. The summed E-state index contributed by atoms with van der Waals surface area (Å²) in [6.45, 7) is -0.0946. The third kappa shape index (κ3) is 2.33. The Bertz CT molecular complexity index is 475. The highest BCUT2D eigenvalue weighted by Crippen LogP contribution is 2.18. The maximum Gasteiger partial charge on any atom is 0.327 e. The Labute approximate surface area is 103 Å². The van der Waals surface area contributed by atoms with Gasteiger partial charge in [0.2, 0.25) is 5.91 Å². The molecule has 0 aliphatic carbocycles. The van der Waals surface area contributed by atoms with Gasteiger partial charge in [-0.25, -0.2) is 9.18 Å². The summed E-state index contributed by atoms with van der Waals surface area (Å²) >= 11 is 0. The Kier molecular flexibility index (Phi) is 3.29. The summed E-state index contributed by atoms with van der Waals surface area (Å²) in [7, 11) is 1.52. The first-order valence-electron chi connectivity index (χ1n) is 5.48. The standard InChI is InChI=1S/C12H13FN2O3/c1-14-7-11(17)15(12(14)18)6-10(16)8-2-4-9(13)5-3-8/h2-5,10,16H,6-7H2,1H3/t10-/m0/s1. The van der Waals surface area contributed by atoms with Crippen LogP contribution in [0.3, 0.4) is 0 Å². The van der Waals surface area contributed by atoms with Crippen LogP contribution in [0.15, 0.2) is 24.3 Å². The Morgan fingerprint density at radius 2 is 1.94 bits per heavy atom. The lowest BCUT2D eigenvalue weighted by molar-refractivity contribution is -0.126. The Hall–Kier alpha value is -1.95. The molecule has 0 spiro atoms. The van der Waals surface area contributed by atoms with Crippen LogP contribution in [0.2, 0.25) is 0 Å². The summed E-state index contributed by atoms with van der Waals surface area (Å²) in [5, 5.41) is 9.91. The summed E-state index contributed by atoms with van der Waals surface area (Å²) in [6, 6.07) is 4.86. The van der Waals surface area contributed by atoms with Gasteiger partial charge in [-0.1, -0.05) is 12.1 Å². The van der Waals surface area contributed by atoms with Gasteiger partial charge in [0.1, 0.15) is 12.4 Å². The number of carbonyl (C=O) groups excluding carboxylic acids is 2. The van der Waals surface area contributed by atoms with Crippen LogP contribution in [0.4, 0.5) is 9.18 Å². The summed E-state index contributed by atoms with van der Waals surface area (Å²) in [5.41, 5.74) is 0.464. The van der Waals surface area contributed by atoms with Crippen LogP contribution in [0, 0.1) is 5.82 Å². The van der Waals surface area contributed by atoms with E-state index in [0.717, 1.165) is 4.90 Å². The first-order chi connectivity index (χ1) is 8.49. The third-order valence-corrected chi connectivity index (χ3v) is 2.84. The molecule has 5 nitrogen and oxygen atoms in total. The highest BCUT2D eigenvalue weighted by molar-refractivity contribution is 6.01. The molecule has 0 unspecified atom stereocenters. The first kappa shape index (κ1) is 12.5. The minimum absolute atomic E-state index is 0.0228. The topological polar surface area (TPSA) is 60.9 Å². The van der Waals surface area contributed by atoms with E-state index in [-0.39, 0.29) is 19.0 Å². The van der Waals surface area contributed by atoms with Crippen LogP contribution in [-0.2, 0) is 4.79 Å². The highest BCUT2D eigenvalue weighted by atomic mass is 19.1. The van der Waals surface area contributed by atoms with E-state index in [9.17, 15) is 19.1 Å². The minimum Gasteiger partial charge on any atom is -0.387 e. The van der Waals surface area contributed by atoms with Crippen molar-refractivity contribution in [1.29, 1.82) is 0 Å². The molecule has 0 aromatic heterocycles. The Morgan fingerprint density at radius 1 is 1.33 bits per heavy atom. The molecular weight excluding hydrogens is 239 g/mol. The Morgan fingerprint density at radius 3 is 2.44 bits per heavy atom. The second-order valence-electron chi connectivity index (χ2n) is 4.21. The minimum atomic E-state index is -1.01. The van der Waals surface area contributed by atoms with Gasteiger partial charge in [0.25, 0.3) is 0 Å². The summed E-state index contributed by atoms with van der Waals surface area (Å²) in [5.74, 6) is -0.748. The van der Waals surface area contributed by atoms with Gasteiger partial charge in [0.15, 0.2) is 0 Å². The molecule has 2 rings (SSSR count). The number of nitrogens with zero attached hydrogens (tertiary/aromatic N) is 2. The van der Waals surface area contributed by atoms with Crippen molar-refractivity contribution in [1.82, 2.24) is 9.80 Å². The van der Waals surface area contributed by atoms with Gasteiger partial charge in [-0.3, -0.25) is 9.69 Å². The molecule has 1 heterocycles. The second-order valence-corrected chi connectivity index (χ2v) is 4.21. The zero-order chi connectivity index (χ0) is 13.3. The first-order valence-corrected chi connectivity index (χ1v) is 5.48. The number of likely N-dealkylation sites (N-methyl/N-ethyl adjacent to an activating group) is 1. The van der Waals surface area contributed by atoms with Crippen LogP contribution in [0.25, 0.3) is 0 Å². The van der Waals surface area contributed by atoms with Crippen LogP contribution in [-0.4, -0.2) is 47.0 Å². The van der Waals surface area contributed by atoms with E-state index in [4.69, 9.17) is 0 Å². The van der Waals surface area contributed by atoms with E-state index < -0.39 is 18.0 Å². The van der Waals surface area contributed by atoms with Gasteiger partial charge in [-0.05, 0) is 17.7 Å². The van der Waals surface area contributed by atoms with Crippen molar-refractivity contribution >= 4 is 11.9 Å². The summed E-state index contributed by atoms with van der Waals surface area (Å²) in [6.07, 6.45) is -1.01. The number of carbonyl (C=O) groups is 2. The van der Waals surface area contributed by atoms with Crippen molar-refractivity contribution in [2.45, 2.75) is 6.10 Å². The number of hydrogen-bond donors (Lipinski definition) is 1. The van der Waals surface area contributed by atoms with Crippen molar-refractivity contribution in [2.24, 2.45) is 0 Å². The number of aliphatic hydroxyl groups is 1. The third-order valence-electron chi connectivity index (χ3n) is 2.84. The molecule has 0 radical (unpaired) electrons. The Balaban J connectivity index is 2.07. The average Bonchev–Trinajstić information content (AvgIpc) is 2.57. The van der Waals surface area contributed by atoms with Crippen molar-refractivity contribution in [3.63, 3.8) is 0 Å². The predicted octanol–water partition coefficient (Wildman–Crippen LogP) is 0.753. The zero-order valence-electron chi connectivity index (χ0n) is 9.84. The van der Waals surface area contributed by atoms with Crippen molar-refractivity contribution in [3.05, 3.63) is 35.6 Å². The van der Waals surface area contributed by atoms with E-state index in [1.165, 1.54) is 36.2 Å². The molecular formula is C12H13FN2O3. The normalized spacial score (nSPS) is 17.5. The molecule has 3 amide bonds. The highest BCUT2D eigenvalue weighted by Gasteiger charge is 2.34. The molecule has 0 bridgehead atoms. The molecule has 1 N–H and O–H groups in total. The van der Waals surface area contributed by atoms with Gasteiger partial charge in [-0.2, -0.15) is 0 Å². The van der Waals surface area contributed by atoms with E-state index in [2.05, 4.69) is 0 Å². The van der Waals surface area contributed by atoms with E-state index >= 15 is 0 Å². The molecule has 1 aromatic carbocycles. The number of imide groups is 1. The molecule has 1 aliphatic rings. The molecule has 1 aliphatic heterocycles. The fraction of sp³-hybridized carbons (Fsp3) is 0.333. The number of urea groups is 1. The molecule has 1 atom stereocenters. The molecule has 1 fully saturated rings.